The van der Waals surface area contributed by atoms with Gasteiger partial charge in [-0.1, -0.05) is 22.7 Å². The number of para-hydroxylation sites is 1. The van der Waals surface area contributed by atoms with Crippen LogP contribution in [0.3, 0.4) is 0 Å². The number of nitrogens with zero attached hydrogens (tertiary/aromatic N) is 3. The molecule has 0 N–H and O–H groups in total. The van der Waals surface area contributed by atoms with Crippen LogP contribution in [-0.4, -0.2) is 14.0 Å². The Labute approximate surface area is 83.5 Å². The molecule has 0 aliphatic heterocycles. The Morgan fingerprint density at radius 2 is 2.14 bits per heavy atom. The third-order valence-electron chi connectivity index (χ3n) is 2.02. The molecular weight excluding hydrogens is 198 g/mol. The van der Waals surface area contributed by atoms with Crippen molar-refractivity contribution in [2.45, 2.75) is 0 Å². The molecule has 14 heavy (non-hydrogen) atoms. The fourth-order valence-electron chi connectivity index (χ4n) is 1.39. The average molecular weight is 203 g/mol. The monoisotopic (exact) mass is 203 g/mol. The van der Waals surface area contributed by atoms with Crippen LogP contribution in [0.4, 0.5) is 0 Å². The first-order chi connectivity index (χ1) is 6.95. The van der Waals surface area contributed by atoms with Gasteiger partial charge in [0.25, 0.3) is 0 Å². The van der Waals surface area contributed by atoms with Crippen molar-refractivity contribution in [1.29, 1.82) is 0 Å². The van der Waals surface area contributed by atoms with E-state index >= 15 is 0 Å². The number of hydrogen-bond acceptors (Lipinski definition) is 5. The molecule has 68 valence electrons. The summed E-state index contributed by atoms with van der Waals surface area (Å²) in [5.74, 6) is 0.625. The van der Waals surface area contributed by atoms with Crippen LogP contribution in [0.2, 0.25) is 0 Å². The zero-order valence-corrected chi connectivity index (χ0v) is 7.86. The molecule has 1 aromatic carbocycles. The Morgan fingerprint density at radius 3 is 3.00 bits per heavy atom. The van der Waals surface area contributed by atoms with Crippen molar-refractivity contribution in [3.8, 4) is 11.4 Å². The normalized spacial score (nSPS) is 10.9. The van der Waals surface area contributed by atoms with Crippen LogP contribution in [0, 0.1) is 0 Å². The molecule has 5 heteroatoms. The molecule has 0 bridgehead atoms. The summed E-state index contributed by atoms with van der Waals surface area (Å²) in [5.41, 5.74) is 1.74. The maximum Gasteiger partial charge on any atom is 0.200 e. The van der Waals surface area contributed by atoms with Gasteiger partial charge in [-0.2, -0.15) is 4.37 Å². The zero-order valence-electron chi connectivity index (χ0n) is 7.04. The van der Waals surface area contributed by atoms with Gasteiger partial charge in [-0.3, -0.25) is 0 Å². The lowest BCUT2D eigenvalue weighted by molar-refractivity contribution is 0.616. The highest BCUT2D eigenvalue weighted by Gasteiger charge is 2.10. The van der Waals surface area contributed by atoms with Gasteiger partial charge in [0.05, 0.1) is 17.3 Å². The zero-order chi connectivity index (χ0) is 9.38. The molecule has 0 unspecified atom stereocenters. The molecule has 2 aromatic heterocycles. The van der Waals surface area contributed by atoms with E-state index in [0.29, 0.717) is 5.82 Å². The number of fused-ring (bicyclic) bond motifs is 1. The van der Waals surface area contributed by atoms with Crippen LogP contribution in [-0.2, 0) is 0 Å². The van der Waals surface area contributed by atoms with E-state index in [1.54, 1.807) is 6.26 Å². The average Bonchev–Trinajstić information content (AvgIpc) is 2.85. The van der Waals surface area contributed by atoms with E-state index in [4.69, 9.17) is 4.42 Å². The SMILES string of the molecule is c1ccc2c(-c3nnsn3)coc2c1. The first-order valence-electron chi connectivity index (χ1n) is 4.07. The van der Waals surface area contributed by atoms with E-state index < -0.39 is 0 Å². The smallest absolute Gasteiger partial charge is 0.200 e. The molecule has 0 saturated heterocycles. The topological polar surface area (TPSA) is 51.8 Å². The van der Waals surface area contributed by atoms with Gasteiger partial charge in [0, 0.05) is 5.39 Å². The second-order valence-electron chi connectivity index (χ2n) is 2.82. The van der Waals surface area contributed by atoms with Crippen LogP contribution in [0.5, 0.6) is 0 Å². The van der Waals surface area contributed by atoms with Gasteiger partial charge < -0.3 is 4.42 Å². The minimum Gasteiger partial charge on any atom is -0.464 e. The van der Waals surface area contributed by atoms with Gasteiger partial charge in [-0.05, 0) is 6.07 Å². The van der Waals surface area contributed by atoms with E-state index in [1.165, 1.54) is 0 Å². The Morgan fingerprint density at radius 1 is 1.21 bits per heavy atom. The van der Waals surface area contributed by atoms with Crippen molar-refractivity contribution in [1.82, 2.24) is 14.0 Å². The van der Waals surface area contributed by atoms with Gasteiger partial charge >= 0.3 is 0 Å². The fourth-order valence-corrected chi connectivity index (χ4v) is 1.75. The predicted octanol–water partition coefficient (Wildman–Crippen LogP) is 2.35. The van der Waals surface area contributed by atoms with Crippen molar-refractivity contribution < 1.29 is 4.42 Å². The standard InChI is InChI=1S/C9H5N3OS/c1-2-4-8-6(3-1)7(5-13-8)9-10-12-14-11-9/h1-5H. The first kappa shape index (κ1) is 7.64. The fraction of sp³-hybridized carbons (Fsp3) is 0. The molecule has 0 saturated carbocycles. The summed E-state index contributed by atoms with van der Waals surface area (Å²) in [4.78, 5) is 0. The molecule has 0 aliphatic rings. The van der Waals surface area contributed by atoms with E-state index in [-0.39, 0.29) is 0 Å². The van der Waals surface area contributed by atoms with Crippen LogP contribution in [0.1, 0.15) is 0 Å². The molecule has 0 atom stereocenters. The quantitative estimate of drug-likeness (QED) is 0.609. The number of rotatable bonds is 1. The number of furan rings is 1. The van der Waals surface area contributed by atoms with Crippen molar-refractivity contribution in [3.63, 3.8) is 0 Å². The summed E-state index contributed by atoms with van der Waals surface area (Å²) in [7, 11) is 0. The van der Waals surface area contributed by atoms with Gasteiger partial charge in [0.2, 0.25) is 0 Å². The molecule has 0 radical (unpaired) electrons. The second kappa shape index (κ2) is 2.88. The van der Waals surface area contributed by atoms with Crippen LogP contribution < -0.4 is 0 Å². The largest absolute Gasteiger partial charge is 0.464 e. The van der Waals surface area contributed by atoms with E-state index in [1.807, 2.05) is 24.3 Å². The highest BCUT2D eigenvalue weighted by Crippen LogP contribution is 2.27. The molecule has 0 spiro atoms. The highest BCUT2D eigenvalue weighted by molar-refractivity contribution is 6.99. The van der Waals surface area contributed by atoms with Crippen molar-refractivity contribution in [2.75, 3.05) is 0 Å². The highest BCUT2D eigenvalue weighted by atomic mass is 32.1. The van der Waals surface area contributed by atoms with Crippen molar-refractivity contribution in [3.05, 3.63) is 30.5 Å². The molecule has 0 fully saturated rings. The van der Waals surface area contributed by atoms with Crippen molar-refractivity contribution in [2.24, 2.45) is 0 Å². The Hall–Kier alpha value is -1.75. The predicted molar refractivity (Wildman–Crippen MR) is 52.9 cm³/mol. The minimum atomic E-state index is 0.625. The summed E-state index contributed by atoms with van der Waals surface area (Å²) in [6.45, 7) is 0. The van der Waals surface area contributed by atoms with E-state index in [0.717, 1.165) is 28.3 Å². The molecule has 0 aliphatic carbocycles. The number of hydrogen-bond donors (Lipinski definition) is 0. The van der Waals surface area contributed by atoms with E-state index in [9.17, 15) is 0 Å². The third kappa shape index (κ3) is 1.03. The lowest BCUT2D eigenvalue weighted by Crippen LogP contribution is -1.77. The van der Waals surface area contributed by atoms with Crippen LogP contribution in [0.25, 0.3) is 22.4 Å². The summed E-state index contributed by atoms with van der Waals surface area (Å²) < 4.78 is 13.2. The van der Waals surface area contributed by atoms with Crippen LogP contribution >= 0.6 is 11.7 Å². The molecule has 3 rings (SSSR count). The maximum atomic E-state index is 5.37. The minimum absolute atomic E-state index is 0.625. The Kier molecular flexibility index (Phi) is 1.57. The van der Waals surface area contributed by atoms with Gasteiger partial charge in [-0.25, -0.2) is 0 Å². The van der Waals surface area contributed by atoms with Gasteiger partial charge in [-0.15, -0.1) is 5.10 Å². The van der Waals surface area contributed by atoms with Gasteiger partial charge in [0.1, 0.15) is 11.8 Å². The summed E-state index contributed by atoms with van der Waals surface area (Å²) in [6.07, 6.45) is 1.66. The third-order valence-corrected chi connectivity index (χ3v) is 2.43. The lowest BCUT2D eigenvalue weighted by Gasteiger charge is -1.88. The molecule has 2 heterocycles. The number of aromatic nitrogens is 3. The number of benzene rings is 1. The molecule has 4 nitrogen and oxygen atoms in total. The van der Waals surface area contributed by atoms with Gasteiger partial charge in [0.15, 0.2) is 5.82 Å². The first-order valence-corrected chi connectivity index (χ1v) is 4.80. The summed E-state index contributed by atoms with van der Waals surface area (Å²) in [5, 5.41) is 4.93. The Bertz CT molecular complexity index is 558. The molecular formula is C9H5N3OS. The maximum absolute atomic E-state index is 5.37. The molecule has 0 amide bonds. The second-order valence-corrected chi connectivity index (χ2v) is 3.33. The van der Waals surface area contributed by atoms with Crippen molar-refractivity contribution >= 4 is 22.7 Å². The summed E-state index contributed by atoms with van der Waals surface area (Å²) in [6, 6.07) is 7.79. The van der Waals surface area contributed by atoms with E-state index in [2.05, 4.69) is 14.0 Å². The molecule has 3 aromatic rings. The Balaban J connectivity index is 2.33. The lowest BCUT2D eigenvalue weighted by atomic mass is 10.2. The summed E-state index contributed by atoms with van der Waals surface area (Å²) >= 11 is 1.09. The van der Waals surface area contributed by atoms with Crippen LogP contribution in [0.15, 0.2) is 34.9 Å².